The van der Waals surface area contributed by atoms with E-state index in [0.717, 1.165) is 20.0 Å². The summed E-state index contributed by atoms with van der Waals surface area (Å²) in [6.45, 7) is -0.585. The standard InChI is InChI=1S/C25H27NO8S2/c1-32-18-6-8-19(9-7-18)36(30,31)26(10-12-27)11-13-33-24-15-17(14-22(34-24)25(28)29)21-16-35-23-5-3-2-4-20(21)23/h2-9,14,16-17,24,27H,10-13,15H2,1H3,(H,28,29)/t17-,24+/m0/s1. The number of carboxylic acid groups (broad SMARTS) is 1. The third kappa shape index (κ3) is 5.71. The summed E-state index contributed by atoms with van der Waals surface area (Å²) in [5, 5.41) is 22.1. The van der Waals surface area contributed by atoms with Crippen molar-refractivity contribution < 1.29 is 37.6 Å². The predicted molar refractivity (Wildman–Crippen MR) is 135 cm³/mol. The Labute approximate surface area is 213 Å². The number of benzene rings is 2. The molecule has 0 spiro atoms. The average Bonchev–Trinajstić information content (AvgIpc) is 3.32. The van der Waals surface area contributed by atoms with Crippen LogP contribution in [0.5, 0.6) is 5.75 Å². The normalized spacial score (nSPS) is 18.1. The van der Waals surface area contributed by atoms with Gasteiger partial charge in [0.15, 0.2) is 0 Å². The largest absolute Gasteiger partial charge is 0.497 e. The molecular formula is C25H27NO8S2. The number of thiophene rings is 1. The Hall–Kier alpha value is -2.96. The maximum absolute atomic E-state index is 13.1. The second-order valence-corrected chi connectivity index (χ2v) is 10.9. The van der Waals surface area contributed by atoms with Gasteiger partial charge in [-0.25, -0.2) is 13.2 Å². The van der Waals surface area contributed by atoms with Gasteiger partial charge in [-0.2, -0.15) is 4.31 Å². The van der Waals surface area contributed by atoms with E-state index in [1.807, 2.05) is 29.6 Å². The highest BCUT2D eigenvalue weighted by molar-refractivity contribution is 7.89. The number of allylic oxidation sites excluding steroid dienone is 1. The van der Waals surface area contributed by atoms with Crippen molar-refractivity contribution in [2.45, 2.75) is 23.5 Å². The Morgan fingerprint density at radius 1 is 1.17 bits per heavy atom. The topological polar surface area (TPSA) is 123 Å². The second-order valence-electron chi connectivity index (χ2n) is 8.09. The lowest BCUT2D eigenvalue weighted by atomic mass is 9.92. The minimum Gasteiger partial charge on any atom is -0.497 e. The van der Waals surface area contributed by atoms with Crippen molar-refractivity contribution in [3.05, 3.63) is 71.3 Å². The molecule has 0 bridgehead atoms. The molecule has 0 saturated carbocycles. The van der Waals surface area contributed by atoms with Crippen LogP contribution in [0.2, 0.25) is 0 Å². The van der Waals surface area contributed by atoms with Crippen molar-refractivity contribution >= 4 is 37.4 Å². The molecule has 2 heterocycles. The molecule has 0 unspecified atom stereocenters. The van der Waals surface area contributed by atoms with Crippen LogP contribution in [0.1, 0.15) is 17.9 Å². The van der Waals surface area contributed by atoms with Crippen LogP contribution >= 0.6 is 11.3 Å². The van der Waals surface area contributed by atoms with Gasteiger partial charge in [0.05, 0.1) is 25.2 Å². The highest BCUT2D eigenvalue weighted by Gasteiger charge is 2.31. The summed E-state index contributed by atoms with van der Waals surface area (Å²) < 4.78 is 44.8. The number of ether oxygens (including phenoxy) is 3. The van der Waals surface area contributed by atoms with Crippen LogP contribution in [0, 0.1) is 0 Å². The lowest BCUT2D eigenvalue weighted by Gasteiger charge is -2.29. The number of rotatable bonds is 11. The molecule has 1 aromatic heterocycles. The molecule has 2 N–H and O–H groups in total. The summed E-state index contributed by atoms with van der Waals surface area (Å²) in [7, 11) is -2.40. The van der Waals surface area contributed by atoms with Crippen molar-refractivity contribution in [3.8, 4) is 5.75 Å². The molecule has 4 rings (SSSR count). The first-order valence-corrected chi connectivity index (χ1v) is 13.6. The van der Waals surface area contributed by atoms with Gasteiger partial charge in [0.25, 0.3) is 0 Å². The number of aliphatic hydroxyl groups excluding tert-OH is 1. The molecule has 0 aliphatic carbocycles. The minimum absolute atomic E-state index is 0.0487. The van der Waals surface area contributed by atoms with Crippen LogP contribution in [0.25, 0.3) is 10.1 Å². The van der Waals surface area contributed by atoms with Gasteiger partial charge < -0.3 is 24.4 Å². The predicted octanol–water partition coefficient (Wildman–Crippen LogP) is 3.41. The zero-order valence-corrected chi connectivity index (χ0v) is 21.2. The van der Waals surface area contributed by atoms with Crippen LogP contribution in [0.3, 0.4) is 0 Å². The molecule has 0 fully saturated rings. The smallest absolute Gasteiger partial charge is 0.370 e. The molecule has 0 radical (unpaired) electrons. The van der Waals surface area contributed by atoms with Gasteiger partial charge >= 0.3 is 5.97 Å². The van der Waals surface area contributed by atoms with E-state index in [0.29, 0.717) is 12.2 Å². The Bertz CT molecular complexity index is 1330. The van der Waals surface area contributed by atoms with Crippen molar-refractivity contribution in [2.75, 3.05) is 33.4 Å². The van der Waals surface area contributed by atoms with E-state index in [2.05, 4.69) is 0 Å². The number of fused-ring (bicyclic) bond motifs is 1. The third-order valence-corrected chi connectivity index (χ3v) is 8.76. The molecule has 1 aliphatic rings. The van der Waals surface area contributed by atoms with Gasteiger partial charge in [-0.05, 0) is 52.7 Å². The Balaban J connectivity index is 1.46. The van der Waals surface area contributed by atoms with Crippen LogP contribution in [0.4, 0.5) is 0 Å². The maximum Gasteiger partial charge on any atom is 0.370 e. The van der Waals surface area contributed by atoms with Crippen molar-refractivity contribution in [1.29, 1.82) is 0 Å². The third-order valence-electron chi connectivity index (χ3n) is 5.87. The molecule has 1 aliphatic heterocycles. The lowest BCUT2D eigenvalue weighted by Crippen LogP contribution is -2.37. The summed E-state index contributed by atoms with van der Waals surface area (Å²) in [5.41, 5.74) is 0.996. The number of carboxylic acids is 1. The number of nitrogens with zero attached hydrogens (tertiary/aromatic N) is 1. The average molecular weight is 534 g/mol. The van der Waals surface area contributed by atoms with E-state index < -0.39 is 22.3 Å². The van der Waals surface area contributed by atoms with Crippen LogP contribution in [-0.2, 0) is 24.3 Å². The zero-order valence-electron chi connectivity index (χ0n) is 19.6. The SMILES string of the molecule is COc1ccc(S(=O)(=O)N(CCO)CCO[C@H]2C[C@@H](c3csc4ccccc34)C=C(C(=O)O)O2)cc1. The fraction of sp³-hybridized carbons (Fsp3) is 0.320. The van der Waals surface area contributed by atoms with Crippen molar-refractivity contribution in [2.24, 2.45) is 0 Å². The molecule has 192 valence electrons. The van der Waals surface area contributed by atoms with Crippen LogP contribution in [0.15, 0.2) is 70.6 Å². The number of methoxy groups -OCH3 is 1. The quantitative estimate of drug-likeness (QED) is 0.385. The van der Waals surface area contributed by atoms with Gasteiger partial charge in [0.1, 0.15) is 5.75 Å². The van der Waals surface area contributed by atoms with Gasteiger partial charge in [0.2, 0.25) is 22.1 Å². The van der Waals surface area contributed by atoms with E-state index in [4.69, 9.17) is 14.2 Å². The number of hydrogen-bond donors (Lipinski definition) is 2. The number of aliphatic hydroxyl groups is 1. The Kier molecular flexibility index (Phi) is 8.27. The zero-order chi connectivity index (χ0) is 25.7. The van der Waals surface area contributed by atoms with Gasteiger partial charge in [-0.3, -0.25) is 0 Å². The number of carbonyl (C=O) groups is 1. The van der Waals surface area contributed by atoms with Crippen molar-refractivity contribution in [1.82, 2.24) is 4.31 Å². The first-order valence-electron chi connectivity index (χ1n) is 11.3. The summed E-state index contributed by atoms with van der Waals surface area (Å²) in [6.07, 6.45) is 1.09. The fourth-order valence-corrected chi connectivity index (χ4v) is 6.50. The monoisotopic (exact) mass is 533 g/mol. The highest BCUT2D eigenvalue weighted by atomic mass is 32.2. The minimum atomic E-state index is -3.89. The summed E-state index contributed by atoms with van der Waals surface area (Å²) in [5.74, 6) is -1.11. The maximum atomic E-state index is 13.1. The van der Waals surface area contributed by atoms with E-state index in [-0.39, 0.29) is 42.9 Å². The van der Waals surface area contributed by atoms with Gasteiger partial charge in [0, 0.05) is 30.1 Å². The second kappa shape index (κ2) is 11.4. The molecule has 3 aromatic rings. The highest BCUT2D eigenvalue weighted by Crippen LogP contribution is 2.38. The van der Waals surface area contributed by atoms with E-state index in [1.165, 1.54) is 19.2 Å². The molecule has 2 aromatic carbocycles. The first kappa shape index (κ1) is 26.1. The summed E-state index contributed by atoms with van der Waals surface area (Å²) in [4.78, 5) is 11.8. The van der Waals surface area contributed by atoms with Gasteiger partial charge in [-0.15, -0.1) is 11.3 Å². The lowest BCUT2D eigenvalue weighted by molar-refractivity contribution is -0.157. The first-order chi connectivity index (χ1) is 17.3. The molecule has 0 amide bonds. The number of aliphatic carboxylic acids is 1. The molecule has 11 heteroatoms. The molecule has 0 saturated heterocycles. The molecule has 9 nitrogen and oxygen atoms in total. The van der Waals surface area contributed by atoms with Gasteiger partial charge in [-0.1, -0.05) is 18.2 Å². The van der Waals surface area contributed by atoms with Crippen molar-refractivity contribution in [3.63, 3.8) is 0 Å². The molecular weight excluding hydrogens is 506 g/mol. The van der Waals surface area contributed by atoms with Crippen LogP contribution in [-0.4, -0.2) is 68.6 Å². The Morgan fingerprint density at radius 2 is 1.92 bits per heavy atom. The molecule has 36 heavy (non-hydrogen) atoms. The number of hydrogen-bond acceptors (Lipinski definition) is 8. The number of sulfonamides is 1. The van der Waals surface area contributed by atoms with E-state index in [9.17, 15) is 23.4 Å². The van der Waals surface area contributed by atoms with E-state index in [1.54, 1.807) is 29.5 Å². The van der Waals surface area contributed by atoms with E-state index >= 15 is 0 Å². The fourth-order valence-electron chi connectivity index (χ4n) is 4.06. The summed E-state index contributed by atoms with van der Waals surface area (Å²) in [6, 6.07) is 13.9. The Morgan fingerprint density at radius 3 is 2.61 bits per heavy atom. The molecule has 2 atom stereocenters. The summed E-state index contributed by atoms with van der Waals surface area (Å²) >= 11 is 1.59. The van der Waals surface area contributed by atoms with Crippen LogP contribution < -0.4 is 4.74 Å².